The van der Waals surface area contributed by atoms with Crippen molar-refractivity contribution < 1.29 is 9.59 Å². The average Bonchev–Trinajstić information content (AvgIpc) is 2.43. The Morgan fingerprint density at radius 1 is 1.23 bits per heavy atom. The highest BCUT2D eigenvalue weighted by atomic mass is 16.2. The van der Waals surface area contributed by atoms with Gasteiger partial charge < -0.3 is 11.1 Å². The molecule has 0 unspecified atom stereocenters. The Bertz CT molecular complexity index is 751. The summed E-state index contributed by atoms with van der Waals surface area (Å²) in [6.07, 6.45) is 0. The van der Waals surface area contributed by atoms with Gasteiger partial charge in [0.05, 0.1) is 22.2 Å². The lowest BCUT2D eigenvalue weighted by atomic mass is 9.92. The minimum absolute atomic E-state index is 0.187. The molecule has 0 fully saturated rings. The lowest BCUT2D eigenvalue weighted by Gasteiger charge is -2.21. The van der Waals surface area contributed by atoms with Crippen molar-refractivity contribution in [2.24, 2.45) is 11.1 Å². The number of aromatic nitrogens is 1. The third kappa shape index (κ3) is 3.24. The number of fused-ring (bicyclic) bond motifs is 1. The maximum absolute atomic E-state index is 12.3. The Morgan fingerprint density at radius 2 is 1.91 bits per heavy atom. The zero-order valence-electron chi connectivity index (χ0n) is 13.4. The molecule has 2 aromatic rings. The third-order valence-corrected chi connectivity index (χ3v) is 3.77. The van der Waals surface area contributed by atoms with Crippen molar-refractivity contribution in [3.8, 4) is 0 Å². The average molecular weight is 299 g/mol. The SMILES string of the molecule is Cc1ccc2cc(C(=O)NCC(C)(C)C(N)=O)c(C)nc2c1. The van der Waals surface area contributed by atoms with Crippen molar-refractivity contribution in [2.75, 3.05) is 6.54 Å². The van der Waals surface area contributed by atoms with Crippen LogP contribution in [0.25, 0.3) is 10.9 Å². The number of amides is 2. The molecule has 116 valence electrons. The molecule has 5 heteroatoms. The quantitative estimate of drug-likeness (QED) is 0.906. The van der Waals surface area contributed by atoms with E-state index in [1.165, 1.54) is 0 Å². The van der Waals surface area contributed by atoms with Gasteiger partial charge in [0.1, 0.15) is 0 Å². The van der Waals surface area contributed by atoms with Crippen LogP contribution in [0.3, 0.4) is 0 Å². The molecule has 3 N–H and O–H groups in total. The van der Waals surface area contributed by atoms with E-state index in [4.69, 9.17) is 5.73 Å². The molecule has 2 rings (SSSR count). The molecule has 0 spiro atoms. The molecule has 2 amide bonds. The van der Waals surface area contributed by atoms with Crippen LogP contribution in [0, 0.1) is 19.3 Å². The van der Waals surface area contributed by atoms with Gasteiger partial charge in [-0.1, -0.05) is 12.1 Å². The topological polar surface area (TPSA) is 85.1 Å². The molecule has 0 saturated carbocycles. The summed E-state index contributed by atoms with van der Waals surface area (Å²) in [5.41, 5.74) is 7.69. The van der Waals surface area contributed by atoms with Gasteiger partial charge in [-0.3, -0.25) is 14.6 Å². The summed E-state index contributed by atoms with van der Waals surface area (Å²) in [5.74, 6) is -0.696. The fraction of sp³-hybridized carbons (Fsp3) is 0.353. The normalized spacial score (nSPS) is 11.5. The van der Waals surface area contributed by atoms with Crippen LogP contribution in [0.2, 0.25) is 0 Å². The Kier molecular flexibility index (Phi) is 4.17. The van der Waals surface area contributed by atoms with Crippen LogP contribution >= 0.6 is 0 Å². The van der Waals surface area contributed by atoms with Crippen LogP contribution in [0.5, 0.6) is 0 Å². The Labute approximate surface area is 129 Å². The number of carbonyl (C=O) groups is 2. The second kappa shape index (κ2) is 5.75. The molecule has 0 radical (unpaired) electrons. The molecule has 1 aromatic carbocycles. The zero-order chi connectivity index (χ0) is 16.5. The molecule has 0 saturated heterocycles. The summed E-state index contributed by atoms with van der Waals surface area (Å²) in [6.45, 7) is 7.39. The first-order chi connectivity index (χ1) is 10.2. The molecule has 22 heavy (non-hydrogen) atoms. The van der Waals surface area contributed by atoms with Crippen molar-refractivity contribution in [2.45, 2.75) is 27.7 Å². The first-order valence-corrected chi connectivity index (χ1v) is 7.17. The highest BCUT2D eigenvalue weighted by Crippen LogP contribution is 2.18. The van der Waals surface area contributed by atoms with Gasteiger partial charge in [0, 0.05) is 11.9 Å². The molecule has 0 atom stereocenters. The van der Waals surface area contributed by atoms with E-state index in [0.29, 0.717) is 11.3 Å². The van der Waals surface area contributed by atoms with Crippen LogP contribution in [0.15, 0.2) is 24.3 Å². The monoisotopic (exact) mass is 299 g/mol. The van der Waals surface area contributed by atoms with Gasteiger partial charge in [0.25, 0.3) is 5.91 Å². The summed E-state index contributed by atoms with van der Waals surface area (Å²) >= 11 is 0. The van der Waals surface area contributed by atoms with Gasteiger partial charge in [-0.15, -0.1) is 0 Å². The number of aryl methyl sites for hydroxylation is 2. The van der Waals surface area contributed by atoms with E-state index in [0.717, 1.165) is 16.5 Å². The van der Waals surface area contributed by atoms with Crippen LogP contribution < -0.4 is 11.1 Å². The number of benzene rings is 1. The minimum Gasteiger partial charge on any atom is -0.369 e. The molecule has 0 aliphatic carbocycles. The van der Waals surface area contributed by atoms with Gasteiger partial charge >= 0.3 is 0 Å². The number of hydrogen-bond donors (Lipinski definition) is 2. The van der Waals surface area contributed by atoms with Crippen molar-refractivity contribution >= 4 is 22.7 Å². The van der Waals surface area contributed by atoms with E-state index in [9.17, 15) is 9.59 Å². The second-order valence-corrected chi connectivity index (χ2v) is 6.25. The summed E-state index contributed by atoms with van der Waals surface area (Å²) in [6, 6.07) is 7.74. The molecule has 1 aromatic heterocycles. The summed E-state index contributed by atoms with van der Waals surface area (Å²) in [5, 5.41) is 3.67. The van der Waals surface area contributed by atoms with E-state index in [-0.39, 0.29) is 12.5 Å². The molecular weight excluding hydrogens is 278 g/mol. The Hall–Kier alpha value is -2.43. The lowest BCUT2D eigenvalue weighted by Crippen LogP contribution is -2.42. The fourth-order valence-corrected chi connectivity index (χ4v) is 2.09. The minimum atomic E-state index is -0.787. The van der Waals surface area contributed by atoms with Gasteiger partial charge in [-0.05, 0) is 45.4 Å². The lowest BCUT2D eigenvalue weighted by molar-refractivity contribution is -0.125. The van der Waals surface area contributed by atoms with Crippen molar-refractivity contribution in [3.05, 3.63) is 41.1 Å². The van der Waals surface area contributed by atoms with E-state index in [1.54, 1.807) is 20.8 Å². The van der Waals surface area contributed by atoms with Crippen molar-refractivity contribution in [1.29, 1.82) is 0 Å². The predicted molar refractivity (Wildman–Crippen MR) is 86.5 cm³/mol. The van der Waals surface area contributed by atoms with Crippen LogP contribution in [-0.2, 0) is 4.79 Å². The zero-order valence-corrected chi connectivity index (χ0v) is 13.4. The Balaban J connectivity index is 2.26. The van der Waals surface area contributed by atoms with Crippen LogP contribution in [-0.4, -0.2) is 23.3 Å². The Morgan fingerprint density at radius 3 is 2.55 bits per heavy atom. The number of nitrogens with zero attached hydrogens (tertiary/aromatic N) is 1. The molecule has 0 bridgehead atoms. The highest BCUT2D eigenvalue weighted by Gasteiger charge is 2.26. The van der Waals surface area contributed by atoms with Gasteiger partial charge in [-0.2, -0.15) is 0 Å². The van der Waals surface area contributed by atoms with Gasteiger partial charge in [0.15, 0.2) is 0 Å². The molecule has 0 aliphatic heterocycles. The van der Waals surface area contributed by atoms with E-state index in [1.807, 2.05) is 31.2 Å². The second-order valence-electron chi connectivity index (χ2n) is 6.25. The fourth-order valence-electron chi connectivity index (χ4n) is 2.09. The molecular formula is C17H21N3O2. The summed E-state index contributed by atoms with van der Waals surface area (Å²) < 4.78 is 0. The standard InChI is InChI=1S/C17H21N3O2/c1-10-5-6-12-8-13(11(2)20-14(12)7-10)15(21)19-9-17(3,4)16(18)22/h5-8H,9H2,1-4H3,(H2,18,22)(H,19,21). The van der Waals surface area contributed by atoms with E-state index >= 15 is 0 Å². The number of rotatable bonds is 4. The molecule has 1 heterocycles. The van der Waals surface area contributed by atoms with Gasteiger partial charge in [0.2, 0.25) is 5.91 Å². The first kappa shape index (κ1) is 15.9. The number of primary amides is 1. The number of pyridine rings is 1. The van der Waals surface area contributed by atoms with Gasteiger partial charge in [-0.25, -0.2) is 0 Å². The largest absolute Gasteiger partial charge is 0.369 e. The number of carbonyl (C=O) groups excluding carboxylic acids is 2. The van der Waals surface area contributed by atoms with Crippen LogP contribution in [0.4, 0.5) is 0 Å². The van der Waals surface area contributed by atoms with E-state index < -0.39 is 11.3 Å². The highest BCUT2D eigenvalue weighted by molar-refractivity contribution is 5.99. The summed E-state index contributed by atoms with van der Waals surface area (Å²) in [7, 11) is 0. The maximum Gasteiger partial charge on any atom is 0.253 e. The number of nitrogens with two attached hydrogens (primary N) is 1. The number of nitrogens with one attached hydrogen (secondary N) is 1. The maximum atomic E-state index is 12.3. The summed E-state index contributed by atoms with van der Waals surface area (Å²) in [4.78, 5) is 28.1. The third-order valence-electron chi connectivity index (χ3n) is 3.77. The molecule has 5 nitrogen and oxygen atoms in total. The molecule has 0 aliphatic rings. The van der Waals surface area contributed by atoms with Crippen molar-refractivity contribution in [1.82, 2.24) is 10.3 Å². The smallest absolute Gasteiger partial charge is 0.253 e. The van der Waals surface area contributed by atoms with E-state index in [2.05, 4.69) is 10.3 Å². The first-order valence-electron chi connectivity index (χ1n) is 7.17. The van der Waals surface area contributed by atoms with Crippen molar-refractivity contribution in [3.63, 3.8) is 0 Å². The number of hydrogen-bond acceptors (Lipinski definition) is 3. The van der Waals surface area contributed by atoms with Crippen LogP contribution in [0.1, 0.15) is 35.5 Å². The predicted octanol–water partition coefficient (Wildman–Crippen LogP) is 2.09.